The van der Waals surface area contributed by atoms with E-state index in [1.54, 1.807) is 13.2 Å². The van der Waals surface area contributed by atoms with Crippen LogP contribution in [-0.2, 0) is 6.61 Å². The van der Waals surface area contributed by atoms with Crippen molar-refractivity contribution >= 4 is 5.91 Å². The molecule has 0 atom stereocenters. The van der Waals surface area contributed by atoms with Gasteiger partial charge in [-0.2, -0.15) is 0 Å². The average molecular weight is 375 g/mol. The Morgan fingerprint density at radius 1 is 1.26 bits per heavy atom. The smallest absolute Gasteiger partial charge is 0.273 e. The highest BCUT2D eigenvalue weighted by Gasteiger charge is 2.21. The van der Waals surface area contributed by atoms with E-state index < -0.39 is 0 Å². The number of methoxy groups -OCH3 is 1. The van der Waals surface area contributed by atoms with Crippen LogP contribution in [0.1, 0.15) is 35.7 Å². The maximum atomic E-state index is 12.3. The molecule has 148 valence electrons. The van der Waals surface area contributed by atoms with E-state index in [9.17, 15) is 4.79 Å². The molecule has 1 amide bonds. The third kappa shape index (κ3) is 6.29. The van der Waals surface area contributed by atoms with Crippen molar-refractivity contribution in [3.8, 4) is 11.5 Å². The molecule has 1 heterocycles. The first-order chi connectivity index (χ1) is 12.7. The first-order valence-corrected chi connectivity index (χ1v) is 8.86. The number of carbonyl (C=O) groups is 1. The fourth-order valence-electron chi connectivity index (χ4n) is 2.85. The summed E-state index contributed by atoms with van der Waals surface area (Å²) < 4.78 is 16.3. The van der Waals surface area contributed by atoms with Gasteiger partial charge in [0.15, 0.2) is 23.0 Å². The molecule has 2 aromatic rings. The Bertz CT molecular complexity index is 768. The van der Waals surface area contributed by atoms with Gasteiger partial charge in [0.05, 0.1) is 7.11 Å². The van der Waals surface area contributed by atoms with Gasteiger partial charge in [0.1, 0.15) is 6.61 Å². The van der Waals surface area contributed by atoms with E-state index in [1.807, 2.05) is 39.2 Å². The van der Waals surface area contributed by atoms with Crippen molar-refractivity contribution in [2.24, 2.45) is 5.41 Å². The van der Waals surface area contributed by atoms with Crippen LogP contribution in [0.5, 0.6) is 11.5 Å². The zero-order valence-corrected chi connectivity index (χ0v) is 17.0. The summed E-state index contributed by atoms with van der Waals surface area (Å²) >= 11 is 0. The van der Waals surface area contributed by atoms with E-state index in [0.717, 1.165) is 12.1 Å². The van der Waals surface area contributed by atoms with Gasteiger partial charge in [-0.1, -0.05) is 25.1 Å². The largest absolute Gasteiger partial charge is 0.493 e. The second kappa shape index (κ2) is 8.90. The molecule has 1 aromatic heterocycles. The predicted octanol–water partition coefficient (Wildman–Crippen LogP) is 2.89. The monoisotopic (exact) mass is 375 g/mol. The molecule has 0 aliphatic heterocycles. The number of hydrogen-bond acceptors (Lipinski definition) is 6. The standard InChI is InChI=1S/C20H29N3O4/c1-14-7-8-17(18(9-14)25-6)26-11-15-10-16(22-27-15)19(24)21-12-20(2,3)13-23(4)5/h7-10H,11-13H2,1-6H3,(H,21,24). The molecule has 0 bridgehead atoms. The Morgan fingerprint density at radius 3 is 2.67 bits per heavy atom. The minimum atomic E-state index is -0.259. The van der Waals surface area contributed by atoms with Crippen LogP contribution in [0, 0.1) is 12.3 Å². The van der Waals surface area contributed by atoms with Crippen LogP contribution in [0.3, 0.4) is 0 Å². The van der Waals surface area contributed by atoms with Gasteiger partial charge < -0.3 is 24.2 Å². The Morgan fingerprint density at radius 2 is 2.00 bits per heavy atom. The van der Waals surface area contributed by atoms with Gasteiger partial charge in [-0.05, 0) is 44.1 Å². The van der Waals surface area contributed by atoms with E-state index in [0.29, 0.717) is 23.8 Å². The zero-order chi connectivity index (χ0) is 20.0. The molecule has 0 spiro atoms. The summed E-state index contributed by atoms with van der Waals surface area (Å²) in [4.78, 5) is 14.4. The quantitative estimate of drug-likeness (QED) is 0.726. The molecule has 1 N–H and O–H groups in total. The van der Waals surface area contributed by atoms with Crippen LogP contribution < -0.4 is 14.8 Å². The Hall–Kier alpha value is -2.54. The third-order valence-electron chi connectivity index (χ3n) is 3.95. The molecule has 27 heavy (non-hydrogen) atoms. The Labute approximate surface area is 160 Å². The SMILES string of the molecule is COc1cc(C)ccc1OCc1cc(C(=O)NCC(C)(C)CN(C)C)no1. The summed E-state index contributed by atoms with van der Waals surface area (Å²) in [5, 5.41) is 6.75. The van der Waals surface area contributed by atoms with Crippen molar-refractivity contribution in [3.63, 3.8) is 0 Å². The second-order valence-electron chi connectivity index (χ2n) is 7.71. The summed E-state index contributed by atoms with van der Waals surface area (Å²) in [5.41, 5.74) is 1.27. The number of benzene rings is 1. The first-order valence-electron chi connectivity index (χ1n) is 8.86. The summed E-state index contributed by atoms with van der Waals surface area (Å²) in [6.45, 7) is 7.75. The molecule has 0 fully saturated rings. The summed E-state index contributed by atoms with van der Waals surface area (Å²) in [6.07, 6.45) is 0. The molecule has 2 rings (SSSR count). The van der Waals surface area contributed by atoms with Crippen LogP contribution in [0.25, 0.3) is 0 Å². The number of aryl methyl sites for hydroxylation is 1. The van der Waals surface area contributed by atoms with Crippen molar-refractivity contribution in [1.82, 2.24) is 15.4 Å². The summed E-state index contributed by atoms with van der Waals surface area (Å²) in [7, 11) is 5.61. The van der Waals surface area contributed by atoms with E-state index in [4.69, 9.17) is 14.0 Å². The minimum Gasteiger partial charge on any atom is -0.493 e. The van der Waals surface area contributed by atoms with Crippen molar-refractivity contribution in [3.05, 3.63) is 41.3 Å². The van der Waals surface area contributed by atoms with Gasteiger partial charge in [-0.25, -0.2) is 0 Å². The van der Waals surface area contributed by atoms with Crippen LogP contribution >= 0.6 is 0 Å². The highest BCUT2D eigenvalue weighted by molar-refractivity contribution is 5.92. The second-order valence-corrected chi connectivity index (χ2v) is 7.71. The molecular formula is C20H29N3O4. The molecule has 0 saturated carbocycles. The zero-order valence-electron chi connectivity index (χ0n) is 17.0. The average Bonchev–Trinajstić information content (AvgIpc) is 3.06. The Kier molecular flexibility index (Phi) is 6.85. The maximum absolute atomic E-state index is 12.3. The fourth-order valence-corrected chi connectivity index (χ4v) is 2.85. The van der Waals surface area contributed by atoms with Gasteiger partial charge in [0.25, 0.3) is 5.91 Å². The van der Waals surface area contributed by atoms with Crippen LogP contribution in [0.4, 0.5) is 0 Å². The Balaban J connectivity index is 1.91. The van der Waals surface area contributed by atoms with Crippen LogP contribution in [0.15, 0.2) is 28.8 Å². The highest BCUT2D eigenvalue weighted by Crippen LogP contribution is 2.28. The number of amides is 1. The van der Waals surface area contributed by atoms with E-state index >= 15 is 0 Å². The molecule has 0 saturated heterocycles. The molecule has 1 aromatic carbocycles. The van der Waals surface area contributed by atoms with Gasteiger partial charge in [-0.3, -0.25) is 4.79 Å². The number of nitrogens with zero attached hydrogens (tertiary/aromatic N) is 2. The lowest BCUT2D eigenvalue weighted by molar-refractivity contribution is 0.0920. The maximum Gasteiger partial charge on any atom is 0.273 e. The number of aromatic nitrogens is 1. The molecule has 7 heteroatoms. The predicted molar refractivity (Wildman–Crippen MR) is 103 cm³/mol. The lowest BCUT2D eigenvalue weighted by Gasteiger charge is -2.28. The summed E-state index contributed by atoms with van der Waals surface area (Å²) in [5.74, 6) is 1.46. The third-order valence-corrected chi connectivity index (χ3v) is 3.95. The molecular weight excluding hydrogens is 346 g/mol. The van der Waals surface area contributed by atoms with Crippen molar-refractivity contribution < 1.29 is 18.8 Å². The molecule has 0 unspecified atom stereocenters. The van der Waals surface area contributed by atoms with Crippen molar-refractivity contribution in [2.75, 3.05) is 34.3 Å². The number of carbonyl (C=O) groups excluding carboxylic acids is 1. The van der Waals surface area contributed by atoms with Crippen LogP contribution in [0.2, 0.25) is 0 Å². The molecule has 7 nitrogen and oxygen atoms in total. The lowest BCUT2D eigenvalue weighted by atomic mass is 9.93. The fraction of sp³-hybridized carbons (Fsp3) is 0.500. The molecule has 0 aliphatic rings. The molecule has 0 aliphatic carbocycles. The minimum absolute atomic E-state index is 0.0448. The van der Waals surface area contributed by atoms with E-state index in [2.05, 4.69) is 29.2 Å². The number of ether oxygens (including phenoxy) is 2. The van der Waals surface area contributed by atoms with Gasteiger partial charge in [0, 0.05) is 19.2 Å². The topological polar surface area (TPSA) is 76.8 Å². The number of hydrogen-bond donors (Lipinski definition) is 1. The van der Waals surface area contributed by atoms with E-state index in [-0.39, 0.29) is 23.6 Å². The highest BCUT2D eigenvalue weighted by atomic mass is 16.5. The van der Waals surface area contributed by atoms with Crippen molar-refractivity contribution in [1.29, 1.82) is 0 Å². The number of nitrogens with one attached hydrogen (secondary N) is 1. The first kappa shape index (κ1) is 20.8. The van der Waals surface area contributed by atoms with Crippen molar-refractivity contribution in [2.45, 2.75) is 27.4 Å². The van der Waals surface area contributed by atoms with Gasteiger partial charge in [0.2, 0.25) is 0 Å². The van der Waals surface area contributed by atoms with E-state index in [1.165, 1.54) is 0 Å². The number of rotatable bonds is 9. The molecule has 0 radical (unpaired) electrons. The van der Waals surface area contributed by atoms with Gasteiger partial charge in [-0.15, -0.1) is 0 Å². The van der Waals surface area contributed by atoms with Crippen LogP contribution in [-0.4, -0.2) is 50.3 Å². The normalized spacial score (nSPS) is 11.5. The summed E-state index contributed by atoms with van der Waals surface area (Å²) in [6, 6.07) is 7.26. The van der Waals surface area contributed by atoms with Gasteiger partial charge >= 0.3 is 0 Å². The lowest BCUT2D eigenvalue weighted by Crippen LogP contribution is -2.40.